The van der Waals surface area contributed by atoms with Crippen LogP contribution in [0.4, 0.5) is 10.1 Å². The molecular formula is C28H30Cl2FN3O4S. The van der Waals surface area contributed by atoms with Crippen molar-refractivity contribution in [3.8, 4) is 0 Å². The highest BCUT2D eigenvalue weighted by Crippen LogP contribution is 2.27. The summed E-state index contributed by atoms with van der Waals surface area (Å²) in [5, 5.41) is 3.38. The average molecular weight is 595 g/mol. The molecule has 0 saturated heterocycles. The first-order chi connectivity index (χ1) is 18.4. The van der Waals surface area contributed by atoms with E-state index in [0.29, 0.717) is 17.1 Å². The lowest BCUT2D eigenvalue weighted by atomic mass is 10.1. The summed E-state index contributed by atoms with van der Waals surface area (Å²) in [6, 6.07) is 16.6. The van der Waals surface area contributed by atoms with Crippen molar-refractivity contribution >= 4 is 50.7 Å². The van der Waals surface area contributed by atoms with Crippen LogP contribution >= 0.6 is 23.2 Å². The van der Waals surface area contributed by atoms with Gasteiger partial charge in [0.15, 0.2) is 0 Å². The van der Waals surface area contributed by atoms with Crippen LogP contribution in [0.1, 0.15) is 26.3 Å². The number of hydrogen-bond donors (Lipinski definition) is 1. The molecule has 2 amide bonds. The maximum Gasteiger partial charge on any atom is 0.264 e. The lowest BCUT2D eigenvalue weighted by molar-refractivity contribution is -0.139. The summed E-state index contributed by atoms with van der Waals surface area (Å²) in [5.41, 5.74) is 0.283. The molecule has 0 aliphatic heterocycles. The fourth-order valence-corrected chi connectivity index (χ4v) is 5.52. The fraction of sp³-hybridized carbons (Fsp3) is 0.286. The summed E-state index contributed by atoms with van der Waals surface area (Å²) < 4.78 is 42.9. The summed E-state index contributed by atoms with van der Waals surface area (Å²) in [7, 11) is -4.35. The van der Waals surface area contributed by atoms with E-state index in [9.17, 15) is 22.4 Å². The normalized spacial score (nSPS) is 12.2. The molecule has 0 bridgehead atoms. The van der Waals surface area contributed by atoms with Gasteiger partial charge in [0.05, 0.1) is 20.6 Å². The molecule has 3 rings (SSSR count). The second-order valence-corrected chi connectivity index (χ2v) is 12.0. The van der Waals surface area contributed by atoms with E-state index in [2.05, 4.69) is 5.32 Å². The zero-order chi connectivity index (χ0) is 28.7. The van der Waals surface area contributed by atoms with E-state index in [1.54, 1.807) is 31.2 Å². The highest BCUT2D eigenvalue weighted by Gasteiger charge is 2.33. The molecule has 208 valence electrons. The Labute approximate surface area is 238 Å². The zero-order valence-electron chi connectivity index (χ0n) is 21.8. The Morgan fingerprint density at radius 3 is 2.18 bits per heavy atom. The Morgan fingerprint density at radius 1 is 0.923 bits per heavy atom. The van der Waals surface area contributed by atoms with Gasteiger partial charge in [0.25, 0.3) is 10.0 Å². The van der Waals surface area contributed by atoms with Gasteiger partial charge in [-0.05, 0) is 54.8 Å². The van der Waals surface area contributed by atoms with Gasteiger partial charge in [-0.1, -0.05) is 73.4 Å². The van der Waals surface area contributed by atoms with E-state index >= 15 is 0 Å². The number of benzene rings is 3. The van der Waals surface area contributed by atoms with Crippen molar-refractivity contribution in [3.05, 3.63) is 94.2 Å². The molecule has 0 aromatic heterocycles. The van der Waals surface area contributed by atoms with Gasteiger partial charge in [0.2, 0.25) is 11.8 Å². The molecular weight excluding hydrogens is 564 g/mol. The lowest BCUT2D eigenvalue weighted by Crippen LogP contribution is -2.51. The van der Waals surface area contributed by atoms with Gasteiger partial charge >= 0.3 is 0 Å². The van der Waals surface area contributed by atoms with E-state index in [4.69, 9.17) is 23.2 Å². The third kappa shape index (κ3) is 7.71. The molecule has 7 nitrogen and oxygen atoms in total. The summed E-state index contributed by atoms with van der Waals surface area (Å²) >= 11 is 12.2. The second kappa shape index (κ2) is 13.3. The largest absolute Gasteiger partial charge is 0.354 e. The first kappa shape index (κ1) is 30.4. The van der Waals surface area contributed by atoms with Crippen molar-refractivity contribution in [2.24, 2.45) is 5.92 Å². The van der Waals surface area contributed by atoms with Crippen molar-refractivity contribution in [1.82, 2.24) is 10.2 Å². The smallest absolute Gasteiger partial charge is 0.264 e. The number of amides is 2. The first-order valence-corrected chi connectivity index (χ1v) is 14.4. The van der Waals surface area contributed by atoms with Gasteiger partial charge in [0, 0.05) is 13.1 Å². The predicted octanol–water partition coefficient (Wildman–Crippen LogP) is 5.52. The highest BCUT2D eigenvalue weighted by atomic mass is 35.5. The second-order valence-electron chi connectivity index (χ2n) is 9.36. The van der Waals surface area contributed by atoms with E-state index in [-0.39, 0.29) is 28.1 Å². The molecule has 0 radical (unpaired) electrons. The Balaban J connectivity index is 2.02. The molecule has 0 spiro atoms. The molecule has 0 saturated carbocycles. The number of anilines is 1. The van der Waals surface area contributed by atoms with E-state index < -0.39 is 40.2 Å². The van der Waals surface area contributed by atoms with Crippen LogP contribution in [0.5, 0.6) is 0 Å². The number of sulfonamides is 1. The first-order valence-electron chi connectivity index (χ1n) is 12.2. The van der Waals surface area contributed by atoms with Crippen LogP contribution in [0.25, 0.3) is 0 Å². The Morgan fingerprint density at radius 2 is 1.56 bits per heavy atom. The molecule has 0 heterocycles. The predicted molar refractivity (Wildman–Crippen MR) is 152 cm³/mol. The van der Waals surface area contributed by atoms with E-state index in [1.165, 1.54) is 47.4 Å². The number of carbonyl (C=O) groups excluding carboxylic acids is 2. The Bertz CT molecular complexity index is 1420. The third-order valence-electron chi connectivity index (χ3n) is 5.92. The lowest BCUT2D eigenvalue weighted by Gasteiger charge is -2.32. The van der Waals surface area contributed by atoms with E-state index in [0.717, 1.165) is 10.4 Å². The van der Waals surface area contributed by atoms with Crippen LogP contribution in [0.3, 0.4) is 0 Å². The SMILES string of the molecule is CC(C)CNC(=O)C(C)N(Cc1ccc(Cl)c(Cl)c1)C(=O)CN(c1ccccc1F)S(=O)(=O)c1ccccc1. The number of hydrogen-bond acceptors (Lipinski definition) is 4. The highest BCUT2D eigenvalue weighted by molar-refractivity contribution is 7.92. The molecule has 1 N–H and O–H groups in total. The number of nitrogens with one attached hydrogen (secondary N) is 1. The molecule has 1 atom stereocenters. The van der Waals surface area contributed by atoms with Crippen LogP contribution in [0, 0.1) is 11.7 Å². The van der Waals surface area contributed by atoms with Crippen molar-refractivity contribution in [1.29, 1.82) is 0 Å². The molecule has 3 aromatic rings. The van der Waals surface area contributed by atoms with Crippen molar-refractivity contribution in [2.45, 2.75) is 38.3 Å². The van der Waals surface area contributed by atoms with Crippen molar-refractivity contribution < 1.29 is 22.4 Å². The van der Waals surface area contributed by atoms with Gasteiger partial charge in [0.1, 0.15) is 18.4 Å². The Kier molecular flexibility index (Phi) is 10.4. The van der Waals surface area contributed by atoms with Crippen molar-refractivity contribution in [3.63, 3.8) is 0 Å². The van der Waals surface area contributed by atoms with Crippen LogP contribution in [-0.2, 0) is 26.2 Å². The van der Waals surface area contributed by atoms with Crippen LogP contribution in [0.15, 0.2) is 77.7 Å². The molecule has 0 fully saturated rings. The number of para-hydroxylation sites is 1. The van der Waals surface area contributed by atoms with Crippen LogP contribution in [-0.4, -0.2) is 44.3 Å². The topological polar surface area (TPSA) is 86.8 Å². The molecule has 0 aliphatic carbocycles. The summed E-state index contributed by atoms with van der Waals surface area (Å²) in [6.07, 6.45) is 0. The standard InChI is InChI=1S/C28H30Cl2FN3O4S/c1-19(2)16-32-28(36)20(3)33(17-21-13-14-23(29)24(30)15-21)27(35)18-34(26-12-8-7-11-25(26)31)39(37,38)22-9-5-4-6-10-22/h4-15,19-20H,16-18H2,1-3H3,(H,32,36). The number of carbonyl (C=O) groups is 2. The third-order valence-corrected chi connectivity index (χ3v) is 8.43. The minimum atomic E-state index is -4.35. The molecule has 1 unspecified atom stereocenters. The zero-order valence-corrected chi connectivity index (χ0v) is 24.1. The molecule has 0 aliphatic rings. The molecule has 3 aromatic carbocycles. The monoisotopic (exact) mass is 593 g/mol. The van der Waals surface area contributed by atoms with Crippen LogP contribution in [0.2, 0.25) is 10.0 Å². The Hall–Kier alpha value is -3.14. The summed E-state index contributed by atoms with van der Waals surface area (Å²) in [4.78, 5) is 27.9. The molecule has 39 heavy (non-hydrogen) atoms. The minimum Gasteiger partial charge on any atom is -0.354 e. The maximum atomic E-state index is 14.9. The van der Waals surface area contributed by atoms with Gasteiger partial charge in [-0.3, -0.25) is 13.9 Å². The van der Waals surface area contributed by atoms with Gasteiger partial charge in [-0.25, -0.2) is 12.8 Å². The number of rotatable bonds is 11. The number of halogens is 3. The maximum absolute atomic E-state index is 14.9. The van der Waals surface area contributed by atoms with Gasteiger partial charge in [-0.15, -0.1) is 0 Å². The number of nitrogens with zero attached hydrogens (tertiary/aromatic N) is 2. The summed E-state index contributed by atoms with van der Waals surface area (Å²) in [5.74, 6) is -1.77. The quantitative estimate of drug-likeness (QED) is 0.317. The summed E-state index contributed by atoms with van der Waals surface area (Å²) in [6.45, 7) is 4.99. The van der Waals surface area contributed by atoms with Crippen molar-refractivity contribution in [2.75, 3.05) is 17.4 Å². The minimum absolute atomic E-state index is 0.0670. The van der Waals surface area contributed by atoms with Gasteiger partial charge < -0.3 is 10.2 Å². The van der Waals surface area contributed by atoms with Crippen LogP contribution < -0.4 is 9.62 Å². The average Bonchev–Trinajstić information content (AvgIpc) is 2.91. The molecule has 11 heteroatoms. The van der Waals surface area contributed by atoms with E-state index in [1.807, 2.05) is 13.8 Å². The van der Waals surface area contributed by atoms with Gasteiger partial charge in [-0.2, -0.15) is 0 Å². The fourth-order valence-electron chi connectivity index (χ4n) is 3.76.